The van der Waals surface area contributed by atoms with Crippen LogP contribution in [0.1, 0.15) is 27.2 Å². The maximum Gasteiger partial charge on any atom is 0.412 e. The second-order valence-electron chi connectivity index (χ2n) is 8.79. The number of benzene rings is 1. The van der Waals surface area contributed by atoms with E-state index in [1.807, 2.05) is 19.3 Å². The molecule has 10 heteroatoms. The molecule has 0 radical (unpaired) electrons. The van der Waals surface area contributed by atoms with Crippen LogP contribution < -0.4 is 10.6 Å². The molecule has 2 N–H and O–H groups in total. The van der Waals surface area contributed by atoms with Gasteiger partial charge in [-0.15, -0.1) is 10.2 Å². The molecule has 1 aliphatic rings. The van der Waals surface area contributed by atoms with Gasteiger partial charge in [0.05, 0.1) is 29.8 Å². The Morgan fingerprint density at radius 1 is 1.19 bits per heavy atom. The molecular formula is C22H23N7O3. The number of hydrogen-bond donors (Lipinski definition) is 2. The van der Waals surface area contributed by atoms with Crippen LogP contribution in [0, 0.1) is 23.2 Å². The van der Waals surface area contributed by atoms with Crippen molar-refractivity contribution in [1.29, 1.82) is 5.26 Å². The van der Waals surface area contributed by atoms with Gasteiger partial charge in [-0.05, 0) is 51.0 Å². The summed E-state index contributed by atoms with van der Waals surface area (Å²) in [7, 11) is 1.82. The van der Waals surface area contributed by atoms with Crippen molar-refractivity contribution in [3.05, 3.63) is 30.6 Å². The third kappa shape index (κ3) is 4.67. The Labute approximate surface area is 184 Å². The number of carbonyl (C=O) groups is 2. The molecule has 0 aliphatic heterocycles. The minimum absolute atomic E-state index is 0.245. The summed E-state index contributed by atoms with van der Waals surface area (Å²) in [6.45, 7) is 5.34. The molecule has 2 atom stereocenters. The first kappa shape index (κ1) is 21.2. The van der Waals surface area contributed by atoms with Crippen LogP contribution in [0.4, 0.5) is 16.3 Å². The molecule has 4 rings (SSSR count). The fourth-order valence-corrected chi connectivity index (χ4v) is 3.31. The summed E-state index contributed by atoms with van der Waals surface area (Å²) in [6, 6.07) is 7.44. The Morgan fingerprint density at radius 2 is 1.97 bits per heavy atom. The number of nitrogens with zero attached hydrogens (tertiary/aromatic N) is 5. The Hall–Kier alpha value is -4.00. The lowest BCUT2D eigenvalue weighted by molar-refractivity contribution is -0.117. The van der Waals surface area contributed by atoms with Crippen LogP contribution in [-0.4, -0.2) is 37.6 Å². The molecule has 10 nitrogen and oxygen atoms in total. The van der Waals surface area contributed by atoms with E-state index < -0.39 is 11.7 Å². The van der Waals surface area contributed by atoms with E-state index in [-0.39, 0.29) is 23.6 Å². The predicted octanol–water partition coefficient (Wildman–Crippen LogP) is 3.48. The summed E-state index contributed by atoms with van der Waals surface area (Å²) in [5, 5.41) is 27.6. The first-order valence-corrected chi connectivity index (χ1v) is 10.1. The quantitative estimate of drug-likeness (QED) is 0.643. The lowest BCUT2D eigenvalue weighted by Gasteiger charge is -2.20. The molecule has 32 heavy (non-hydrogen) atoms. The van der Waals surface area contributed by atoms with E-state index in [1.54, 1.807) is 43.8 Å². The largest absolute Gasteiger partial charge is 0.444 e. The van der Waals surface area contributed by atoms with Crippen LogP contribution in [0.3, 0.4) is 0 Å². The normalized spacial score (nSPS) is 17.5. The molecule has 2 heterocycles. The van der Waals surface area contributed by atoms with Crippen LogP contribution >= 0.6 is 0 Å². The molecule has 1 saturated carbocycles. The van der Waals surface area contributed by atoms with Gasteiger partial charge in [0, 0.05) is 24.2 Å². The lowest BCUT2D eigenvalue weighted by atomic mass is 10.0. The number of ether oxygens (including phenoxy) is 1. The first-order chi connectivity index (χ1) is 15.1. The molecule has 2 unspecified atom stereocenters. The average molecular weight is 433 g/mol. The SMILES string of the molecule is Cn1cc(-c2cc(NC(=O)OC(C)(C)C)c3nnc(NC(=O)C4CC4C#N)cc3c2)cn1. The van der Waals surface area contributed by atoms with Crippen LogP contribution in [0.5, 0.6) is 0 Å². The molecule has 1 aliphatic carbocycles. The van der Waals surface area contributed by atoms with Gasteiger partial charge in [0.15, 0.2) is 5.82 Å². The highest BCUT2D eigenvalue weighted by Crippen LogP contribution is 2.38. The topological polar surface area (TPSA) is 135 Å². The molecular weight excluding hydrogens is 410 g/mol. The molecule has 0 spiro atoms. The summed E-state index contributed by atoms with van der Waals surface area (Å²) in [6.07, 6.45) is 3.51. The molecule has 1 aromatic carbocycles. The summed E-state index contributed by atoms with van der Waals surface area (Å²) < 4.78 is 7.05. The van der Waals surface area contributed by atoms with Gasteiger partial charge in [-0.2, -0.15) is 10.4 Å². The first-order valence-electron chi connectivity index (χ1n) is 10.1. The molecule has 0 saturated heterocycles. The van der Waals surface area contributed by atoms with Crippen LogP contribution in [0.15, 0.2) is 30.6 Å². The Kier molecular flexibility index (Phi) is 5.26. The van der Waals surface area contributed by atoms with E-state index in [0.717, 1.165) is 11.1 Å². The molecule has 0 bridgehead atoms. The van der Waals surface area contributed by atoms with Crippen LogP contribution in [0.2, 0.25) is 0 Å². The fourth-order valence-electron chi connectivity index (χ4n) is 3.31. The minimum atomic E-state index is -0.659. The number of anilines is 2. The molecule has 3 aromatic rings. The monoisotopic (exact) mass is 433 g/mol. The molecule has 2 amide bonds. The fraction of sp³-hybridized carbons (Fsp3) is 0.364. The number of nitrogens with one attached hydrogen (secondary N) is 2. The highest BCUT2D eigenvalue weighted by Gasteiger charge is 2.43. The maximum absolute atomic E-state index is 12.4. The van der Waals surface area contributed by atoms with E-state index in [9.17, 15) is 9.59 Å². The smallest absolute Gasteiger partial charge is 0.412 e. The zero-order valence-corrected chi connectivity index (χ0v) is 18.2. The van der Waals surface area contributed by atoms with Gasteiger partial charge in [-0.1, -0.05) is 0 Å². The molecule has 1 fully saturated rings. The lowest BCUT2D eigenvalue weighted by Crippen LogP contribution is -2.27. The van der Waals surface area contributed by atoms with Gasteiger partial charge in [0.1, 0.15) is 11.1 Å². The Balaban J connectivity index is 1.69. The highest BCUT2D eigenvalue weighted by atomic mass is 16.6. The van der Waals surface area contributed by atoms with E-state index in [0.29, 0.717) is 23.0 Å². The zero-order valence-electron chi connectivity index (χ0n) is 18.2. The van der Waals surface area contributed by atoms with Gasteiger partial charge in [-0.25, -0.2) is 4.79 Å². The number of aryl methyl sites for hydroxylation is 1. The number of fused-ring (bicyclic) bond motifs is 1. The van der Waals surface area contributed by atoms with Crippen molar-refractivity contribution >= 4 is 34.4 Å². The Bertz CT molecular complexity index is 1250. The number of hydrogen-bond acceptors (Lipinski definition) is 7. The van der Waals surface area contributed by atoms with Gasteiger partial charge >= 0.3 is 6.09 Å². The van der Waals surface area contributed by atoms with Crippen LogP contribution in [0.25, 0.3) is 22.0 Å². The standard InChI is InChI=1S/C22H23N7O3/c1-22(2,3)32-21(31)25-17-7-12(15-10-24-29(4)11-15)5-13-8-18(27-28-19(13)17)26-20(30)16-6-14(16)9-23/h5,7-8,10-11,14,16H,6H2,1-4H3,(H,25,31)(H,26,27,30). The number of nitriles is 1. The Morgan fingerprint density at radius 3 is 2.59 bits per heavy atom. The third-order valence-corrected chi connectivity index (χ3v) is 4.91. The molecule has 2 aromatic heterocycles. The zero-order chi connectivity index (χ0) is 23.0. The second kappa shape index (κ2) is 7.92. The number of aromatic nitrogens is 4. The van der Waals surface area contributed by atoms with Crippen molar-refractivity contribution in [2.24, 2.45) is 18.9 Å². The summed E-state index contributed by atoms with van der Waals surface area (Å²) in [4.78, 5) is 24.7. The van der Waals surface area contributed by atoms with Gasteiger partial charge in [-0.3, -0.25) is 14.8 Å². The summed E-state index contributed by atoms with van der Waals surface area (Å²) in [5.74, 6) is -0.535. The van der Waals surface area contributed by atoms with Crippen molar-refractivity contribution in [2.75, 3.05) is 10.6 Å². The van der Waals surface area contributed by atoms with Crippen molar-refractivity contribution in [3.8, 4) is 17.2 Å². The average Bonchev–Trinajstić information content (AvgIpc) is 3.38. The van der Waals surface area contributed by atoms with Crippen LogP contribution in [-0.2, 0) is 16.6 Å². The maximum atomic E-state index is 12.4. The number of amides is 2. The van der Waals surface area contributed by atoms with E-state index in [2.05, 4.69) is 32.0 Å². The number of rotatable bonds is 4. The van der Waals surface area contributed by atoms with E-state index in [1.165, 1.54) is 0 Å². The van der Waals surface area contributed by atoms with Gasteiger partial charge in [0.2, 0.25) is 5.91 Å². The minimum Gasteiger partial charge on any atom is -0.444 e. The second-order valence-corrected chi connectivity index (χ2v) is 8.79. The van der Waals surface area contributed by atoms with Gasteiger partial charge < -0.3 is 10.1 Å². The van der Waals surface area contributed by atoms with Crippen molar-refractivity contribution < 1.29 is 14.3 Å². The molecule has 164 valence electrons. The van der Waals surface area contributed by atoms with E-state index in [4.69, 9.17) is 10.00 Å². The predicted molar refractivity (Wildman–Crippen MR) is 117 cm³/mol. The highest BCUT2D eigenvalue weighted by molar-refractivity contribution is 6.02. The van der Waals surface area contributed by atoms with Crippen molar-refractivity contribution in [3.63, 3.8) is 0 Å². The van der Waals surface area contributed by atoms with E-state index >= 15 is 0 Å². The summed E-state index contributed by atoms with van der Waals surface area (Å²) in [5.41, 5.74) is 1.86. The number of carbonyl (C=O) groups excluding carboxylic acids is 2. The van der Waals surface area contributed by atoms with Crippen molar-refractivity contribution in [1.82, 2.24) is 20.0 Å². The van der Waals surface area contributed by atoms with Gasteiger partial charge in [0.25, 0.3) is 0 Å². The third-order valence-electron chi connectivity index (χ3n) is 4.91. The summed E-state index contributed by atoms with van der Waals surface area (Å²) >= 11 is 0. The van der Waals surface area contributed by atoms with Crippen molar-refractivity contribution in [2.45, 2.75) is 32.8 Å².